The Hall–Kier alpha value is -2.60. The molecule has 5 nitrogen and oxygen atoms in total. The van der Waals surface area contributed by atoms with Crippen LogP contribution in [0.2, 0.25) is 0 Å². The highest BCUT2D eigenvalue weighted by Crippen LogP contribution is 2.25. The first-order valence-electron chi connectivity index (χ1n) is 8.82. The van der Waals surface area contributed by atoms with Crippen molar-refractivity contribution in [2.24, 2.45) is 0 Å². The third-order valence-corrected chi connectivity index (χ3v) is 4.86. The molecule has 0 saturated carbocycles. The molecule has 142 valence electrons. The van der Waals surface area contributed by atoms with Crippen LogP contribution in [0.4, 0.5) is 0 Å². The summed E-state index contributed by atoms with van der Waals surface area (Å²) in [4.78, 5) is 16.4. The molecule has 6 heteroatoms. The molecule has 0 radical (unpaired) electrons. The lowest BCUT2D eigenvalue weighted by Gasteiger charge is -2.19. The molecule has 1 N–H and O–H groups in total. The highest BCUT2D eigenvalue weighted by molar-refractivity contribution is 7.09. The maximum absolute atomic E-state index is 12.0. The largest absolute Gasteiger partial charge is 0.484 e. The number of thiazole rings is 1. The summed E-state index contributed by atoms with van der Waals surface area (Å²) in [5, 5.41) is 5.74. The summed E-state index contributed by atoms with van der Waals surface area (Å²) in [5.41, 5.74) is 2.13. The molecule has 0 aliphatic carbocycles. The van der Waals surface area contributed by atoms with Gasteiger partial charge in [-0.05, 0) is 42.2 Å². The van der Waals surface area contributed by atoms with E-state index in [-0.39, 0.29) is 17.9 Å². The molecule has 0 unspecified atom stereocenters. The van der Waals surface area contributed by atoms with Crippen molar-refractivity contribution in [2.45, 2.75) is 39.7 Å². The predicted molar refractivity (Wildman–Crippen MR) is 107 cm³/mol. The highest BCUT2D eigenvalue weighted by Gasteiger charge is 2.13. The number of nitrogens with one attached hydrogen (secondary N) is 1. The van der Waals surface area contributed by atoms with E-state index in [1.165, 1.54) is 5.56 Å². The van der Waals surface area contributed by atoms with Crippen molar-refractivity contribution in [1.29, 1.82) is 0 Å². The van der Waals surface area contributed by atoms with Crippen molar-refractivity contribution < 1.29 is 13.9 Å². The van der Waals surface area contributed by atoms with Gasteiger partial charge < -0.3 is 14.5 Å². The van der Waals surface area contributed by atoms with Crippen LogP contribution in [0.25, 0.3) is 11.5 Å². The van der Waals surface area contributed by atoms with Crippen LogP contribution in [-0.2, 0) is 16.8 Å². The summed E-state index contributed by atoms with van der Waals surface area (Å²) in [5.74, 6) is 1.87. The van der Waals surface area contributed by atoms with Crippen LogP contribution in [0, 0.1) is 6.92 Å². The summed E-state index contributed by atoms with van der Waals surface area (Å²) in [6.45, 7) is 8.71. The molecule has 1 aromatic carbocycles. The van der Waals surface area contributed by atoms with Gasteiger partial charge in [-0.1, -0.05) is 32.9 Å². The van der Waals surface area contributed by atoms with E-state index in [4.69, 9.17) is 9.15 Å². The first-order chi connectivity index (χ1) is 12.8. The number of hydrogen-bond donors (Lipinski definition) is 1. The summed E-state index contributed by atoms with van der Waals surface area (Å²) >= 11 is 1.58. The van der Waals surface area contributed by atoms with Gasteiger partial charge in [0.15, 0.2) is 12.4 Å². The fraction of sp³-hybridized carbons (Fsp3) is 0.333. The molecule has 0 aliphatic rings. The number of amides is 1. The van der Waals surface area contributed by atoms with Crippen LogP contribution in [0.1, 0.15) is 37.1 Å². The van der Waals surface area contributed by atoms with Crippen LogP contribution < -0.4 is 10.1 Å². The summed E-state index contributed by atoms with van der Waals surface area (Å²) in [6.07, 6.45) is 0. The molecule has 3 rings (SSSR count). The average Bonchev–Trinajstić information content (AvgIpc) is 3.26. The number of aromatic nitrogens is 1. The van der Waals surface area contributed by atoms with Crippen LogP contribution in [0.3, 0.4) is 0 Å². The SMILES string of the molecule is Cc1nc(-c2ccc(CNC(=O)COc3ccc(C(C)(C)C)cc3)o2)cs1. The molecule has 0 saturated heterocycles. The molecule has 3 aromatic rings. The summed E-state index contributed by atoms with van der Waals surface area (Å²) in [6, 6.07) is 11.5. The molecule has 0 fully saturated rings. The zero-order chi connectivity index (χ0) is 19.4. The molecule has 0 aliphatic heterocycles. The van der Waals surface area contributed by atoms with Crippen molar-refractivity contribution >= 4 is 17.2 Å². The van der Waals surface area contributed by atoms with Gasteiger partial charge in [0, 0.05) is 5.38 Å². The van der Waals surface area contributed by atoms with E-state index < -0.39 is 0 Å². The fourth-order valence-corrected chi connectivity index (χ4v) is 3.13. The Morgan fingerprint density at radius 2 is 1.93 bits per heavy atom. The predicted octanol–water partition coefficient (Wildman–Crippen LogP) is 4.70. The first kappa shape index (κ1) is 19.2. The van der Waals surface area contributed by atoms with E-state index in [1.54, 1.807) is 11.3 Å². The Morgan fingerprint density at radius 3 is 2.56 bits per heavy atom. The van der Waals surface area contributed by atoms with Crippen LogP contribution in [0.5, 0.6) is 5.75 Å². The maximum Gasteiger partial charge on any atom is 0.258 e. The molecular formula is C21H24N2O3S. The summed E-state index contributed by atoms with van der Waals surface area (Å²) < 4.78 is 11.3. The van der Waals surface area contributed by atoms with Gasteiger partial charge in [-0.15, -0.1) is 11.3 Å². The second kappa shape index (κ2) is 7.96. The van der Waals surface area contributed by atoms with Crippen LogP contribution in [0.15, 0.2) is 46.2 Å². The second-order valence-electron chi connectivity index (χ2n) is 7.36. The molecule has 0 spiro atoms. The molecule has 0 atom stereocenters. The van der Waals surface area contributed by atoms with Crippen molar-refractivity contribution in [1.82, 2.24) is 10.3 Å². The lowest BCUT2D eigenvalue weighted by Crippen LogP contribution is -2.28. The monoisotopic (exact) mass is 384 g/mol. The smallest absolute Gasteiger partial charge is 0.258 e. The third-order valence-electron chi connectivity index (χ3n) is 4.08. The van der Waals surface area contributed by atoms with Gasteiger partial charge in [0.1, 0.15) is 17.2 Å². The van der Waals surface area contributed by atoms with Crippen LogP contribution >= 0.6 is 11.3 Å². The van der Waals surface area contributed by atoms with E-state index >= 15 is 0 Å². The highest BCUT2D eigenvalue weighted by atomic mass is 32.1. The Balaban J connectivity index is 1.47. The van der Waals surface area contributed by atoms with Gasteiger partial charge in [0.2, 0.25) is 0 Å². The van der Waals surface area contributed by atoms with E-state index in [2.05, 4.69) is 31.1 Å². The third kappa shape index (κ3) is 5.20. The minimum atomic E-state index is -0.197. The first-order valence-corrected chi connectivity index (χ1v) is 9.70. The number of benzene rings is 1. The quantitative estimate of drug-likeness (QED) is 0.669. The number of furan rings is 1. The maximum atomic E-state index is 12.0. The number of carbonyl (C=O) groups is 1. The minimum absolute atomic E-state index is 0.0340. The second-order valence-corrected chi connectivity index (χ2v) is 8.42. The summed E-state index contributed by atoms with van der Waals surface area (Å²) in [7, 11) is 0. The van der Waals surface area contributed by atoms with Gasteiger partial charge in [0.25, 0.3) is 5.91 Å². The van der Waals surface area contributed by atoms with Gasteiger partial charge in [-0.3, -0.25) is 4.79 Å². The Bertz CT molecular complexity index is 904. The topological polar surface area (TPSA) is 64.4 Å². The fourth-order valence-electron chi connectivity index (χ4n) is 2.52. The molecule has 1 amide bonds. The van der Waals surface area contributed by atoms with E-state index in [1.807, 2.05) is 48.7 Å². The zero-order valence-electron chi connectivity index (χ0n) is 16.0. The van der Waals surface area contributed by atoms with Crippen molar-refractivity contribution in [2.75, 3.05) is 6.61 Å². The molecule has 2 heterocycles. The number of aryl methyl sites for hydroxylation is 1. The lowest BCUT2D eigenvalue weighted by atomic mass is 9.87. The van der Waals surface area contributed by atoms with Gasteiger partial charge in [-0.25, -0.2) is 4.98 Å². The Morgan fingerprint density at radius 1 is 1.19 bits per heavy atom. The number of rotatable bonds is 6. The molecule has 0 bridgehead atoms. The minimum Gasteiger partial charge on any atom is -0.484 e. The van der Waals surface area contributed by atoms with Gasteiger partial charge in [0.05, 0.1) is 11.6 Å². The van der Waals surface area contributed by atoms with E-state index in [0.717, 1.165) is 10.7 Å². The number of nitrogens with zero attached hydrogens (tertiary/aromatic N) is 1. The standard InChI is InChI=1S/C21H24N2O3S/c1-14-23-18(13-27-14)19-10-9-17(26-19)11-22-20(24)12-25-16-7-5-15(6-8-16)21(2,3)4/h5-10,13H,11-12H2,1-4H3,(H,22,24). The number of hydrogen-bond acceptors (Lipinski definition) is 5. The Kier molecular flexibility index (Phi) is 5.65. The van der Waals surface area contributed by atoms with E-state index in [0.29, 0.717) is 23.8 Å². The normalized spacial score (nSPS) is 11.4. The van der Waals surface area contributed by atoms with Gasteiger partial charge >= 0.3 is 0 Å². The number of ether oxygens (including phenoxy) is 1. The van der Waals surface area contributed by atoms with Crippen molar-refractivity contribution in [3.8, 4) is 17.2 Å². The van der Waals surface area contributed by atoms with Crippen molar-refractivity contribution in [3.05, 3.63) is 58.1 Å². The zero-order valence-corrected chi connectivity index (χ0v) is 16.9. The number of carbonyl (C=O) groups excluding carboxylic acids is 1. The molecular weight excluding hydrogens is 360 g/mol. The molecule has 27 heavy (non-hydrogen) atoms. The Labute approximate surface area is 163 Å². The van der Waals surface area contributed by atoms with Crippen molar-refractivity contribution in [3.63, 3.8) is 0 Å². The van der Waals surface area contributed by atoms with E-state index in [9.17, 15) is 4.79 Å². The van der Waals surface area contributed by atoms with Crippen LogP contribution in [-0.4, -0.2) is 17.5 Å². The lowest BCUT2D eigenvalue weighted by molar-refractivity contribution is -0.123. The average molecular weight is 385 g/mol. The molecule has 2 aromatic heterocycles. The van der Waals surface area contributed by atoms with Gasteiger partial charge in [-0.2, -0.15) is 0 Å².